The van der Waals surface area contributed by atoms with Crippen LogP contribution in [0.3, 0.4) is 0 Å². The predicted molar refractivity (Wildman–Crippen MR) is 86.2 cm³/mol. The maximum absolute atomic E-state index is 6.62. The van der Waals surface area contributed by atoms with Gasteiger partial charge >= 0.3 is 0 Å². The van der Waals surface area contributed by atoms with Crippen LogP contribution in [0.4, 0.5) is 5.69 Å². The molecular weight excluding hydrogens is 258 g/mol. The first-order valence-electron chi connectivity index (χ1n) is 7.67. The third-order valence-electron chi connectivity index (χ3n) is 5.26. The molecule has 0 saturated carbocycles. The van der Waals surface area contributed by atoms with E-state index in [1.54, 1.807) is 0 Å². The van der Waals surface area contributed by atoms with Crippen molar-refractivity contribution >= 4 is 5.69 Å². The van der Waals surface area contributed by atoms with E-state index in [2.05, 4.69) is 74.4 Å². The standard InChI is InChI=1S/C19H21NO/c1-18(2)15-9-5-6-10-16(15)20(3)19(18)13-12-14-8-4-7-11-17(14)21-19/h4-6,8-10,12-13H,7,11H2,1-3H3. The van der Waals surface area contributed by atoms with Crippen LogP contribution in [0, 0.1) is 0 Å². The summed E-state index contributed by atoms with van der Waals surface area (Å²) in [5.74, 6) is 1.13. The first-order chi connectivity index (χ1) is 10.1. The molecule has 108 valence electrons. The van der Waals surface area contributed by atoms with E-state index >= 15 is 0 Å². The number of nitrogens with zero attached hydrogens (tertiary/aromatic N) is 1. The highest BCUT2D eigenvalue weighted by molar-refractivity contribution is 5.67. The molecule has 2 heterocycles. The zero-order valence-corrected chi connectivity index (χ0v) is 12.9. The minimum atomic E-state index is -0.416. The molecule has 2 nitrogen and oxygen atoms in total. The van der Waals surface area contributed by atoms with Crippen molar-refractivity contribution in [2.45, 2.75) is 37.8 Å². The van der Waals surface area contributed by atoms with Gasteiger partial charge in [0.1, 0.15) is 5.76 Å². The summed E-state index contributed by atoms with van der Waals surface area (Å²) < 4.78 is 6.62. The minimum absolute atomic E-state index is 0.0888. The predicted octanol–water partition coefficient (Wildman–Crippen LogP) is 4.30. The average Bonchev–Trinajstić information content (AvgIpc) is 2.67. The molecule has 0 aromatic heterocycles. The SMILES string of the molecule is CN1c2ccccc2C(C)(C)C12C=CC1=C(CCC=C1)O2. The van der Waals surface area contributed by atoms with Gasteiger partial charge in [-0.05, 0) is 44.1 Å². The van der Waals surface area contributed by atoms with E-state index in [9.17, 15) is 0 Å². The number of para-hydroxylation sites is 1. The average molecular weight is 279 g/mol. The second kappa shape index (κ2) is 4.03. The molecule has 1 spiro atoms. The van der Waals surface area contributed by atoms with Crippen LogP contribution in [-0.2, 0) is 10.2 Å². The maximum atomic E-state index is 6.62. The van der Waals surface area contributed by atoms with Gasteiger partial charge in [-0.25, -0.2) is 0 Å². The number of allylic oxidation sites excluding steroid dienone is 5. The van der Waals surface area contributed by atoms with E-state index in [0.29, 0.717) is 0 Å². The highest BCUT2D eigenvalue weighted by atomic mass is 16.5. The van der Waals surface area contributed by atoms with E-state index in [1.165, 1.54) is 16.8 Å². The number of rotatable bonds is 0. The van der Waals surface area contributed by atoms with E-state index in [0.717, 1.165) is 18.6 Å². The first kappa shape index (κ1) is 12.8. The van der Waals surface area contributed by atoms with Gasteiger partial charge < -0.3 is 9.64 Å². The Labute approximate surface area is 126 Å². The van der Waals surface area contributed by atoms with E-state index in [-0.39, 0.29) is 5.41 Å². The highest BCUT2D eigenvalue weighted by Gasteiger charge is 2.57. The molecule has 2 heteroatoms. The number of likely N-dealkylation sites (N-methyl/N-ethyl adjacent to an activating group) is 1. The molecule has 0 saturated heterocycles. The lowest BCUT2D eigenvalue weighted by molar-refractivity contribution is -0.0104. The summed E-state index contributed by atoms with van der Waals surface area (Å²) >= 11 is 0. The molecule has 21 heavy (non-hydrogen) atoms. The lowest BCUT2D eigenvalue weighted by atomic mass is 9.76. The fraction of sp³-hybridized carbons (Fsp3) is 0.368. The third kappa shape index (κ3) is 1.48. The Bertz CT molecular complexity index is 695. The molecule has 1 aromatic carbocycles. The molecule has 1 aliphatic carbocycles. The van der Waals surface area contributed by atoms with Gasteiger partial charge in [0.05, 0.1) is 5.41 Å². The van der Waals surface area contributed by atoms with Crippen LogP contribution in [-0.4, -0.2) is 12.8 Å². The van der Waals surface area contributed by atoms with Crippen LogP contribution in [0.5, 0.6) is 0 Å². The van der Waals surface area contributed by atoms with Crippen molar-refractivity contribution in [3.63, 3.8) is 0 Å². The monoisotopic (exact) mass is 279 g/mol. The number of hydrogen-bond donors (Lipinski definition) is 0. The number of hydrogen-bond acceptors (Lipinski definition) is 2. The first-order valence-corrected chi connectivity index (χ1v) is 7.67. The summed E-state index contributed by atoms with van der Waals surface area (Å²) in [6, 6.07) is 8.63. The minimum Gasteiger partial charge on any atom is -0.467 e. The summed E-state index contributed by atoms with van der Waals surface area (Å²) in [5.41, 5.74) is 3.34. The molecule has 2 aliphatic heterocycles. The van der Waals surface area contributed by atoms with Crippen molar-refractivity contribution in [3.05, 3.63) is 65.5 Å². The molecule has 0 amide bonds. The Morgan fingerprint density at radius 3 is 2.76 bits per heavy atom. The van der Waals surface area contributed by atoms with Gasteiger partial charge in [-0.1, -0.05) is 30.4 Å². The molecule has 1 atom stereocenters. The van der Waals surface area contributed by atoms with Crippen molar-refractivity contribution in [2.24, 2.45) is 0 Å². The Hall–Kier alpha value is -1.96. The Kier molecular flexibility index (Phi) is 2.45. The van der Waals surface area contributed by atoms with Gasteiger partial charge in [-0.15, -0.1) is 0 Å². The van der Waals surface area contributed by atoms with Gasteiger partial charge in [0.25, 0.3) is 0 Å². The molecular formula is C19H21NO. The normalized spacial score (nSPS) is 28.6. The number of anilines is 1. The summed E-state index contributed by atoms with van der Waals surface area (Å²) in [7, 11) is 2.14. The highest BCUT2D eigenvalue weighted by Crippen LogP contribution is 2.54. The Morgan fingerprint density at radius 1 is 1.14 bits per heavy atom. The van der Waals surface area contributed by atoms with Crippen LogP contribution in [0.1, 0.15) is 32.3 Å². The lowest BCUT2D eigenvalue weighted by Crippen LogP contribution is -2.55. The van der Waals surface area contributed by atoms with E-state index in [1.807, 2.05) is 0 Å². The van der Waals surface area contributed by atoms with Gasteiger partial charge in [-0.2, -0.15) is 0 Å². The lowest BCUT2D eigenvalue weighted by Gasteiger charge is -2.46. The smallest absolute Gasteiger partial charge is 0.211 e. The largest absolute Gasteiger partial charge is 0.467 e. The Morgan fingerprint density at radius 2 is 1.95 bits per heavy atom. The van der Waals surface area contributed by atoms with E-state index in [4.69, 9.17) is 4.74 Å². The molecule has 1 aromatic rings. The molecule has 0 radical (unpaired) electrons. The van der Waals surface area contributed by atoms with Crippen LogP contribution >= 0.6 is 0 Å². The van der Waals surface area contributed by atoms with Gasteiger partial charge in [0.2, 0.25) is 5.72 Å². The summed E-state index contributed by atoms with van der Waals surface area (Å²) in [5, 5.41) is 0. The molecule has 0 fully saturated rings. The quantitative estimate of drug-likeness (QED) is 0.702. The molecule has 0 N–H and O–H groups in total. The maximum Gasteiger partial charge on any atom is 0.211 e. The summed E-state index contributed by atoms with van der Waals surface area (Å²) in [6.07, 6.45) is 10.9. The van der Waals surface area contributed by atoms with Crippen LogP contribution in [0.2, 0.25) is 0 Å². The van der Waals surface area contributed by atoms with Crippen LogP contribution < -0.4 is 4.90 Å². The molecule has 1 unspecified atom stereocenters. The van der Waals surface area contributed by atoms with Gasteiger partial charge in [0.15, 0.2) is 0 Å². The number of ether oxygens (including phenoxy) is 1. The fourth-order valence-electron chi connectivity index (χ4n) is 3.95. The van der Waals surface area contributed by atoms with Crippen LogP contribution in [0.15, 0.2) is 59.9 Å². The third-order valence-corrected chi connectivity index (χ3v) is 5.26. The summed E-state index contributed by atoms with van der Waals surface area (Å²) in [4.78, 5) is 2.29. The second-order valence-electron chi connectivity index (χ2n) is 6.65. The number of fused-ring (bicyclic) bond motifs is 1. The van der Waals surface area contributed by atoms with Crippen molar-refractivity contribution < 1.29 is 4.74 Å². The van der Waals surface area contributed by atoms with E-state index < -0.39 is 5.72 Å². The van der Waals surface area contributed by atoms with Crippen LogP contribution in [0.25, 0.3) is 0 Å². The Balaban J connectivity index is 1.86. The zero-order chi connectivity index (χ0) is 14.7. The molecule has 4 rings (SSSR count). The molecule has 3 aliphatic rings. The van der Waals surface area contributed by atoms with Crippen molar-refractivity contribution in [2.75, 3.05) is 11.9 Å². The van der Waals surface area contributed by atoms with Gasteiger partial charge in [-0.3, -0.25) is 0 Å². The van der Waals surface area contributed by atoms with Crippen molar-refractivity contribution in [1.82, 2.24) is 0 Å². The van der Waals surface area contributed by atoms with Crippen molar-refractivity contribution in [3.8, 4) is 0 Å². The van der Waals surface area contributed by atoms with Gasteiger partial charge in [0, 0.05) is 24.7 Å². The molecule has 0 bridgehead atoms. The topological polar surface area (TPSA) is 12.5 Å². The fourth-order valence-corrected chi connectivity index (χ4v) is 3.95. The zero-order valence-electron chi connectivity index (χ0n) is 12.9. The second-order valence-corrected chi connectivity index (χ2v) is 6.65. The van der Waals surface area contributed by atoms with Crippen molar-refractivity contribution in [1.29, 1.82) is 0 Å². The summed E-state index contributed by atoms with van der Waals surface area (Å²) in [6.45, 7) is 4.56. The number of benzene rings is 1.